The first-order valence-electron chi connectivity index (χ1n) is 9.18. The van der Waals surface area contributed by atoms with Gasteiger partial charge in [-0.05, 0) is 47.9 Å². The molecule has 29 heavy (non-hydrogen) atoms. The third-order valence-electron chi connectivity index (χ3n) is 4.84. The fourth-order valence-corrected chi connectivity index (χ4v) is 5.01. The fraction of sp³-hybridized carbons (Fsp3) is 0.136. The largest absolute Gasteiger partial charge is 0.308 e. The molecule has 7 heteroatoms. The number of anilines is 2. The lowest BCUT2D eigenvalue weighted by Crippen LogP contribution is -2.34. The van der Waals surface area contributed by atoms with E-state index in [0.717, 1.165) is 16.8 Å². The van der Waals surface area contributed by atoms with Gasteiger partial charge in [0.05, 0.1) is 11.6 Å². The van der Waals surface area contributed by atoms with Crippen LogP contribution in [0.5, 0.6) is 0 Å². The number of carbonyl (C=O) groups is 1. The summed E-state index contributed by atoms with van der Waals surface area (Å²) in [7, 11) is -3.81. The summed E-state index contributed by atoms with van der Waals surface area (Å²) in [5.74, 6) is 0.0609. The molecule has 0 unspecified atom stereocenters. The number of benzene rings is 3. The van der Waals surface area contributed by atoms with E-state index in [-0.39, 0.29) is 15.8 Å². The number of halogens is 1. The molecule has 0 radical (unpaired) electrons. The second kappa shape index (κ2) is 7.89. The predicted molar refractivity (Wildman–Crippen MR) is 115 cm³/mol. The molecule has 0 saturated carbocycles. The monoisotopic (exact) mass is 426 g/mol. The van der Waals surface area contributed by atoms with Gasteiger partial charge in [-0.2, -0.15) is 0 Å². The van der Waals surface area contributed by atoms with E-state index in [4.69, 9.17) is 11.6 Å². The van der Waals surface area contributed by atoms with E-state index in [9.17, 15) is 13.2 Å². The third kappa shape index (κ3) is 4.13. The number of amides is 1. The van der Waals surface area contributed by atoms with Crippen LogP contribution in [-0.2, 0) is 27.8 Å². The molecule has 1 N–H and O–H groups in total. The summed E-state index contributed by atoms with van der Waals surface area (Å²) >= 11 is 6.04. The Morgan fingerprint density at radius 2 is 1.66 bits per heavy atom. The van der Waals surface area contributed by atoms with Crippen molar-refractivity contribution < 1.29 is 13.2 Å². The van der Waals surface area contributed by atoms with Gasteiger partial charge in [0.1, 0.15) is 4.90 Å². The second-order valence-electron chi connectivity index (χ2n) is 6.84. The smallest absolute Gasteiger partial charge is 0.263 e. The van der Waals surface area contributed by atoms with Crippen molar-refractivity contribution in [2.75, 3.05) is 9.62 Å². The van der Waals surface area contributed by atoms with Gasteiger partial charge >= 0.3 is 0 Å². The maximum Gasteiger partial charge on any atom is 0.263 e. The first-order chi connectivity index (χ1) is 13.9. The van der Waals surface area contributed by atoms with Crippen LogP contribution in [0.25, 0.3) is 0 Å². The van der Waals surface area contributed by atoms with Crippen LogP contribution >= 0.6 is 11.6 Å². The maximum absolute atomic E-state index is 12.7. The Hall–Kier alpha value is -2.83. The average molecular weight is 427 g/mol. The molecule has 1 aliphatic heterocycles. The first kappa shape index (κ1) is 19.5. The van der Waals surface area contributed by atoms with Crippen LogP contribution in [0.3, 0.4) is 0 Å². The van der Waals surface area contributed by atoms with Crippen LogP contribution in [0.1, 0.15) is 17.5 Å². The topological polar surface area (TPSA) is 66.5 Å². The lowest BCUT2D eigenvalue weighted by atomic mass is 10.00. The lowest BCUT2D eigenvalue weighted by molar-refractivity contribution is -0.119. The highest BCUT2D eigenvalue weighted by atomic mass is 35.5. The minimum absolute atomic E-state index is 0.0280. The fourth-order valence-electron chi connectivity index (χ4n) is 3.44. The Bertz CT molecular complexity index is 1160. The lowest BCUT2D eigenvalue weighted by Gasteiger charge is -2.30. The van der Waals surface area contributed by atoms with Gasteiger partial charge in [0, 0.05) is 17.8 Å². The van der Waals surface area contributed by atoms with Crippen LogP contribution in [-0.4, -0.2) is 14.3 Å². The summed E-state index contributed by atoms with van der Waals surface area (Å²) in [4.78, 5) is 14.3. The molecule has 0 spiro atoms. The molecule has 3 aromatic rings. The van der Waals surface area contributed by atoms with Crippen molar-refractivity contribution in [1.82, 2.24) is 0 Å². The number of rotatable bonds is 5. The molecule has 0 aliphatic carbocycles. The Morgan fingerprint density at radius 3 is 2.41 bits per heavy atom. The van der Waals surface area contributed by atoms with E-state index >= 15 is 0 Å². The molecule has 5 nitrogen and oxygen atoms in total. The summed E-state index contributed by atoms with van der Waals surface area (Å²) in [6.07, 6.45) is 0.960. The van der Waals surface area contributed by atoms with Crippen LogP contribution < -0.4 is 9.62 Å². The average Bonchev–Trinajstić information content (AvgIpc) is 2.71. The van der Waals surface area contributed by atoms with Crippen molar-refractivity contribution in [1.29, 1.82) is 0 Å². The highest BCUT2D eigenvalue weighted by Gasteiger charge is 2.25. The molecular weight excluding hydrogens is 408 g/mol. The summed E-state index contributed by atoms with van der Waals surface area (Å²) in [5, 5.41) is 0.164. The van der Waals surface area contributed by atoms with E-state index in [1.54, 1.807) is 35.2 Å². The predicted octanol–water partition coefficient (Wildman–Crippen LogP) is 4.62. The van der Waals surface area contributed by atoms with Gasteiger partial charge in [-0.1, -0.05) is 54.1 Å². The molecule has 0 saturated heterocycles. The molecule has 0 atom stereocenters. The minimum Gasteiger partial charge on any atom is -0.308 e. The molecule has 1 amide bonds. The summed E-state index contributed by atoms with van der Waals surface area (Å²) < 4.78 is 28.0. The van der Waals surface area contributed by atoms with E-state index in [0.29, 0.717) is 25.1 Å². The molecule has 1 aliphatic rings. The van der Waals surface area contributed by atoms with Crippen molar-refractivity contribution in [2.24, 2.45) is 0 Å². The Labute approximate surface area is 175 Å². The van der Waals surface area contributed by atoms with Crippen LogP contribution in [0, 0.1) is 0 Å². The standard InChI is InChI=1S/C22H19ClN2O3S/c23-19-8-4-5-9-21(19)29(27,28)24-18-11-12-20-17(14-18)10-13-22(26)25(20)15-16-6-2-1-3-7-16/h1-9,11-12,14,24H,10,13,15H2. The van der Waals surface area contributed by atoms with E-state index in [2.05, 4.69) is 4.72 Å². The van der Waals surface area contributed by atoms with Gasteiger partial charge in [-0.25, -0.2) is 8.42 Å². The van der Waals surface area contributed by atoms with Gasteiger partial charge in [0.25, 0.3) is 10.0 Å². The highest BCUT2D eigenvalue weighted by molar-refractivity contribution is 7.92. The van der Waals surface area contributed by atoms with Gasteiger partial charge in [-0.3, -0.25) is 9.52 Å². The zero-order valence-electron chi connectivity index (χ0n) is 15.5. The van der Waals surface area contributed by atoms with Crippen LogP contribution in [0.15, 0.2) is 77.7 Å². The summed E-state index contributed by atoms with van der Waals surface area (Å²) in [5.41, 5.74) is 3.22. The number of aryl methyl sites for hydroxylation is 1. The zero-order chi connectivity index (χ0) is 20.4. The number of hydrogen-bond donors (Lipinski definition) is 1. The molecule has 148 valence electrons. The summed E-state index contributed by atoms with van der Waals surface area (Å²) in [6, 6.07) is 21.3. The van der Waals surface area contributed by atoms with Crippen LogP contribution in [0.4, 0.5) is 11.4 Å². The maximum atomic E-state index is 12.7. The van der Waals surface area contributed by atoms with Crippen molar-refractivity contribution in [2.45, 2.75) is 24.3 Å². The molecule has 3 aromatic carbocycles. The minimum atomic E-state index is -3.81. The quantitative estimate of drug-likeness (QED) is 0.647. The third-order valence-corrected chi connectivity index (χ3v) is 6.72. The number of carbonyl (C=O) groups excluding carboxylic acids is 1. The second-order valence-corrected chi connectivity index (χ2v) is 8.90. The normalized spacial score (nSPS) is 13.8. The van der Waals surface area contributed by atoms with Crippen molar-refractivity contribution in [3.8, 4) is 0 Å². The van der Waals surface area contributed by atoms with Crippen molar-refractivity contribution >= 4 is 38.9 Å². The molecule has 4 rings (SSSR count). The molecule has 1 heterocycles. The van der Waals surface area contributed by atoms with E-state index in [1.807, 2.05) is 30.3 Å². The van der Waals surface area contributed by atoms with Crippen molar-refractivity contribution in [3.05, 3.63) is 88.9 Å². The van der Waals surface area contributed by atoms with Crippen LogP contribution in [0.2, 0.25) is 5.02 Å². The number of nitrogens with zero attached hydrogens (tertiary/aromatic N) is 1. The Kier molecular flexibility index (Phi) is 5.30. The van der Waals surface area contributed by atoms with Gasteiger partial charge < -0.3 is 4.90 Å². The van der Waals surface area contributed by atoms with E-state index in [1.165, 1.54) is 12.1 Å². The number of fused-ring (bicyclic) bond motifs is 1. The Morgan fingerprint density at radius 1 is 0.931 bits per heavy atom. The number of hydrogen-bond acceptors (Lipinski definition) is 3. The first-order valence-corrected chi connectivity index (χ1v) is 11.0. The number of sulfonamides is 1. The molecule has 0 fully saturated rings. The SMILES string of the molecule is O=C1CCc2cc(NS(=O)(=O)c3ccccc3Cl)ccc2N1Cc1ccccc1. The summed E-state index contributed by atoms with van der Waals surface area (Å²) in [6.45, 7) is 0.484. The number of nitrogens with one attached hydrogen (secondary N) is 1. The Balaban J connectivity index is 1.62. The molecule has 0 bridgehead atoms. The zero-order valence-corrected chi connectivity index (χ0v) is 17.1. The highest BCUT2D eigenvalue weighted by Crippen LogP contribution is 2.32. The van der Waals surface area contributed by atoms with Gasteiger partial charge in [0.2, 0.25) is 5.91 Å². The molecular formula is C22H19ClN2O3S. The van der Waals surface area contributed by atoms with Gasteiger partial charge in [-0.15, -0.1) is 0 Å². The molecule has 0 aromatic heterocycles. The van der Waals surface area contributed by atoms with Crippen molar-refractivity contribution in [3.63, 3.8) is 0 Å². The van der Waals surface area contributed by atoms with E-state index < -0.39 is 10.0 Å². The van der Waals surface area contributed by atoms with Gasteiger partial charge in [0.15, 0.2) is 0 Å².